The molecule has 1 amide bonds. The van der Waals surface area contributed by atoms with Crippen molar-refractivity contribution in [3.63, 3.8) is 0 Å². The van der Waals surface area contributed by atoms with Crippen molar-refractivity contribution in [3.8, 4) is 0 Å². The number of morpholine rings is 1. The van der Waals surface area contributed by atoms with Crippen LogP contribution in [-0.4, -0.2) is 51.5 Å². The number of benzene rings is 2. The molecule has 3 rings (SSSR count). The van der Waals surface area contributed by atoms with E-state index < -0.39 is 10.0 Å². The highest BCUT2D eigenvalue weighted by molar-refractivity contribution is 7.89. The zero-order valence-corrected chi connectivity index (χ0v) is 16.3. The van der Waals surface area contributed by atoms with Crippen LogP contribution < -0.4 is 5.32 Å². The first-order chi connectivity index (χ1) is 13.0. The molecule has 144 valence electrons. The Morgan fingerprint density at radius 3 is 2.30 bits per heavy atom. The van der Waals surface area contributed by atoms with Crippen LogP contribution in [0.2, 0.25) is 5.02 Å². The Labute approximate surface area is 164 Å². The molecule has 0 spiro atoms. The van der Waals surface area contributed by atoms with Crippen molar-refractivity contribution in [3.05, 3.63) is 64.7 Å². The van der Waals surface area contributed by atoms with Crippen molar-refractivity contribution < 1.29 is 17.9 Å². The van der Waals surface area contributed by atoms with Crippen molar-refractivity contribution >= 4 is 27.5 Å². The summed E-state index contributed by atoms with van der Waals surface area (Å²) < 4.78 is 31.8. The second-order valence-electron chi connectivity index (χ2n) is 6.17. The summed E-state index contributed by atoms with van der Waals surface area (Å²) in [6.45, 7) is 2.05. The van der Waals surface area contributed by atoms with Gasteiger partial charge in [0, 0.05) is 30.2 Å². The van der Waals surface area contributed by atoms with Gasteiger partial charge in [-0.2, -0.15) is 4.31 Å². The van der Waals surface area contributed by atoms with Gasteiger partial charge in [0.1, 0.15) is 0 Å². The highest BCUT2D eigenvalue weighted by Gasteiger charge is 2.25. The Hall–Kier alpha value is -1.93. The molecule has 8 heteroatoms. The van der Waals surface area contributed by atoms with Gasteiger partial charge in [-0.1, -0.05) is 23.7 Å². The average Bonchev–Trinajstić information content (AvgIpc) is 2.69. The smallest absolute Gasteiger partial charge is 0.251 e. The van der Waals surface area contributed by atoms with Crippen LogP contribution in [0.25, 0.3) is 0 Å². The maximum atomic E-state index is 12.6. The predicted molar refractivity (Wildman–Crippen MR) is 104 cm³/mol. The number of sulfonamides is 1. The normalized spacial score (nSPS) is 15.4. The molecule has 1 aliphatic rings. The van der Waals surface area contributed by atoms with Gasteiger partial charge in [-0.3, -0.25) is 4.79 Å². The number of rotatable bonds is 6. The number of carbonyl (C=O) groups excluding carboxylic acids is 1. The summed E-state index contributed by atoms with van der Waals surface area (Å²) in [4.78, 5) is 12.3. The third-order valence-corrected chi connectivity index (χ3v) is 6.50. The third-order valence-electron chi connectivity index (χ3n) is 4.34. The average molecular weight is 409 g/mol. The Kier molecular flexibility index (Phi) is 6.49. The van der Waals surface area contributed by atoms with Gasteiger partial charge in [0.25, 0.3) is 5.91 Å². The first-order valence-electron chi connectivity index (χ1n) is 8.67. The number of ether oxygens (including phenoxy) is 1. The van der Waals surface area contributed by atoms with Crippen molar-refractivity contribution in [2.24, 2.45) is 0 Å². The lowest BCUT2D eigenvalue weighted by Crippen LogP contribution is -2.40. The summed E-state index contributed by atoms with van der Waals surface area (Å²) in [5.74, 6) is -0.168. The molecule has 1 N–H and O–H groups in total. The Morgan fingerprint density at radius 2 is 1.67 bits per heavy atom. The number of nitrogens with zero attached hydrogens (tertiary/aromatic N) is 1. The highest BCUT2D eigenvalue weighted by Crippen LogP contribution is 2.18. The van der Waals surface area contributed by atoms with Crippen LogP contribution >= 0.6 is 11.6 Å². The lowest BCUT2D eigenvalue weighted by Gasteiger charge is -2.26. The Balaban J connectivity index is 1.54. The lowest BCUT2D eigenvalue weighted by molar-refractivity contribution is 0.0730. The zero-order chi connectivity index (χ0) is 19.3. The third kappa shape index (κ3) is 5.07. The van der Waals surface area contributed by atoms with E-state index in [1.54, 1.807) is 48.5 Å². The van der Waals surface area contributed by atoms with Gasteiger partial charge in [0.15, 0.2) is 0 Å². The van der Waals surface area contributed by atoms with Gasteiger partial charge in [-0.25, -0.2) is 8.42 Å². The molecule has 2 aromatic carbocycles. The second-order valence-corrected chi connectivity index (χ2v) is 8.55. The van der Waals surface area contributed by atoms with Crippen molar-refractivity contribution in [2.75, 3.05) is 32.8 Å². The number of amides is 1. The lowest BCUT2D eigenvalue weighted by atomic mass is 10.1. The van der Waals surface area contributed by atoms with Crippen LogP contribution in [0.15, 0.2) is 53.4 Å². The first kappa shape index (κ1) is 19.8. The molecule has 0 atom stereocenters. The highest BCUT2D eigenvalue weighted by atomic mass is 35.5. The number of nitrogens with one attached hydrogen (secondary N) is 1. The van der Waals surface area contributed by atoms with E-state index in [2.05, 4.69) is 5.32 Å². The zero-order valence-electron chi connectivity index (χ0n) is 14.7. The summed E-state index contributed by atoms with van der Waals surface area (Å²) in [5, 5.41) is 3.42. The topological polar surface area (TPSA) is 75.7 Å². The molecule has 27 heavy (non-hydrogen) atoms. The van der Waals surface area contributed by atoms with Gasteiger partial charge < -0.3 is 10.1 Å². The van der Waals surface area contributed by atoms with E-state index >= 15 is 0 Å². The van der Waals surface area contributed by atoms with Gasteiger partial charge in [-0.05, 0) is 48.4 Å². The number of halogens is 1. The molecule has 1 saturated heterocycles. The van der Waals surface area contributed by atoms with Crippen molar-refractivity contribution in [2.45, 2.75) is 11.3 Å². The van der Waals surface area contributed by atoms with E-state index in [4.69, 9.17) is 16.3 Å². The molecular weight excluding hydrogens is 388 g/mol. The minimum atomic E-state index is -3.48. The molecule has 0 aromatic heterocycles. The van der Waals surface area contributed by atoms with E-state index in [-0.39, 0.29) is 10.8 Å². The van der Waals surface area contributed by atoms with Crippen molar-refractivity contribution in [1.29, 1.82) is 0 Å². The summed E-state index contributed by atoms with van der Waals surface area (Å²) in [6.07, 6.45) is 0.608. The summed E-state index contributed by atoms with van der Waals surface area (Å²) in [5.41, 5.74) is 1.50. The van der Waals surface area contributed by atoms with E-state index in [9.17, 15) is 13.2 Å². The summed E-state index contributed by atoms with van der Waals surface area (Å²) in [6, 6.07) is 13.5. The molecule has 0 saturated carbocycles. The summed E-state index contributed by atoms with van der Waals surface area (Å²) in [7, 11) is -3.48. The van der Waals surface area contributed by atoms with E-state index in [1.807, 2.05) is 0 Å². The van der Waals surface area contributed by atoms with Crippen molar-refractivity contribution in [1.82, 2.24) is 9.62 Å². The number of carbonyl (C=O) groups is 1. The van der Waals surface area contributed by atoms with Crippen LogP contribution in [0, 0.1) is 0 Å². The Bertz CT molecular complexity index is 877. The molecule has 0 radical (unpaired) electrons. The maximum Gasteiger partial charge on any atom is 0.251 e. The maximum absolute atomic E-state index is 12.6. The summed E-state index contributed by atoms with van der Waals surface area (Å²) >= 11 is 5.81. The fraction of sp³-hybridized carbons (Fsp3) is 0.316. The van der Waals surface area contributed by atoms with Crippen LogP contribution in [0.4, 0.5) is 0 Å². The van der Waals surface area contributed by atoms with Gasteiger partial charge in [0.05, 0.1) is 18.1 Å². The van der Waals surface area contributed by atoms with Crippen LogP contribution in [0.1, 0.15) is 15.9 Å². The van der Waals surface area contributed by atoms with Gasteiger partial charge >= 0.3 is 0 Å². The number of hydrogen-bond donors (Lipinski definition) is 1. The monoisotopic (exact) mass is 408 g/mol. The molecule has 0 aliphatic carbocycles. The standard InChI is InChI=1S/C19H21ClN2O4S/c20-17-5-3-16(4-6-17)19(23)21-10-9-15-1-7-18(8-2-15)27(24,25)22-11-13-26-14-12-22/h1-8H,9-14H2,(H,21,23). The van der Waals surface area contributed by atoms with Crippen LogP contribution in [0.5, 0.6) is 0 Å². The molecule has 1 heterocycles. The fourth-order valence-electron chi connectivity index (χ4n) is 2.79. The van der Waals surface area contributed by atoms with E-state index in [0.29, 0.717) is 49.9 Å². The second kappa shape index (κ2) is 8.84. The van der Waals surface area contributed by atoms with Crippen LogP contribution in [0.3, 0.4) is 0 Å². The molecule has 1 fully saturated rings. The molecule has 2 aromatic rings. The largest absolute Gasteiger partial charge is 0.379 e. The number of hydrogen-bond acceptors (Lipinski definition) is 4. The first-order valence-corrected chi connectivity index (χ1v) is 10.5. The van der Waals surface area contributed by atoms with Gasteiger partial charge in [-0.15, -0.1) is 0 Å². The predicted octanol–water partition coefficient (Wildman–Crippen LogP) is 2.33. The SMILES string of the molecule is O=C(NCCc1ccc(S(=O)(=O)N2CCOCC2)cc1)c1ccc(Cl)cc1. The van der Waals surface area contributed by atoms with Gasteiger partial charge in [0.2, 0.25) is 10.0 Å². The minimum absolute atomic E-state index is 0.168. The molecular formula is C19H21ClN2O4S. The molecule has 6 nitrogen and oxygen atoms in total. The van der Waals surface area contributed by atoms with Crippen LogP contribution in [-0.2, 0) is 21.2 Å². The van der Waals surface area contributed by atoms with E-state index in [1.165, 1.54) is 4.31 Å². The van der Waals surface area contributed by atoms with E-state index in [0.717, 1.165) is 5.56 Å². The molecule has 1 aliphatic heterocycles. The quantitative estimate of drug-likeness (QED) is 0.796. The minimum Gasteiger partial charge on any atom is -0.379 e. The molecule has 0 bridgehead atoms. The molecule has 0 unspecified atom stereocenters. The fourth-order valence-corrected chi connectivity index (χ4v) is 4.32. The Morgan fingerprint density at radius 1 is 1.04 bits per heavy atom.